The van der Waals surface area contributed by atoms with Gasteiger partial charge in [0.2, 0.25) is 5.91 Å². The zero-order valence-corrected chi connectivity index (χ0v) is 18.2. The molecule has 1 amide bonds. The van der Waals surface area contributed by atoms with Crippen LogP contribution in [0.2, 0.25) is 0 Å². The summed E-state index contributed by atoms with van der Waals surface area (Å²) < 4.78 is 5.54. The molecular weight excluding hydrogens is 362 g/mol. The van der Waals surface area contributed by atoms with Crippen LogP contribution in [0.5, 0.6) is 0 Å². The Bertz CT molecular complexity index is 562. The number of rotatable bonds is 4. The van der Waals surface area contributed by atoms with Crippen molar-refractivity contribution in [3.05, 3.63) is 0 Å². The van der Waals surface area contributed by atoms with Crippen molar-refractivity contribution in [3.63, 3.8) is 0 Å². The number of hydrogen-bond acceptors (Lipinski definition) is 4. The number of piperidine rings is 1. The molecule has 2 unspecified atom stereocenters. The Hall–Kier alpha value is -0.650. The molecule has 0 radical (unpaired) electrons. The topological polar surface area (TPSA) is 44.8 Å². The minimum Gasteiger partial charge on any atom is -0.381 e. The molecule has 164 valence electrons. The van der Waals surface area contributed by atoms with E-state index < -0.39 is 0 Å². The van der Waals surface area contributed by atoms with E-state index in [1.54, 1.807) is 0 Å². The van der Waals surface area contributed by atoms with Gasteiger partial charge in [0.1, 0.15) is 0 Å². The van der Waals surface area contributed by atoms with Gasteiger partial charge >= 0.3 is 0 Å². The number of piperazine rings is 1. The number of nitrogens with one attached hydrogen (secondary N) is 1. The maximum absolute atomic E-state index is 13.5. The molecule has 5 heteroatoms. The van der Waals surface area contributed by atoms with Crippen molar-refractivity contribution < 1.29 is 9.53 Å². The fraction of sp³-hybridized carbons (Fsp3) is 0.958. The van der Waals surface area contributed by atoms with Gasteiger partial charge in [0.25, 0.3) is 0 Å². The van der Waals surface area contributed by atoms with Crippen LogP contribution in [0.3, 0.4) is 0 Å². The van der Waals surface area contributed by atoms with E-state index in [0.717, 1.165) is 51.2 Å². The number of carbonyl (C=O) groups excluding carboxylic acids is 1. The molecule has 0 aromatic carbocycles. The second kappa shape index (κ2) is 8.84. The molecule has 5 rings (SSSR count). The molecular formula is C24H41N3O2. The number of hydrogen-bond donors (Lipinski definition) is 1. The average Bonchev–Trinajstić information content (AvgIpc) is 3.48. The smallest absolute Gasteiger partial charge is 0.226 e. The monoisotopic (exact) mass is 403 g/mol. The Labute approximate surface area is 176 Å². The van der Waals surface area contributed by atoms with E-state index in [-0.39, 0.29) is 0 Å². The molecule has 5 nitrogen and oxygen atoms in total. The molecule has 3 heterocycles. The Morgan fingerprint density at radius 1 is 1.00 bits per heavy atom. The second-order valence-corrected chi connectivity index (χ2v) is 10.6. The normalized spacial score (nSPS) is 34.4. The lowest BCUT2D eigenvalue weighted by molar-refractivity contribution is -0.137. The summed E-state index contributed by atoms with van der Waals surface area (Å²) in [5, 5.41) is 3.57. The molecule has 1 N–H and O–H groups in total. The molecule has 2 saturated carbocycles. The van der Waals surface area contributed by atoms with Crippen LogP contribution in [0, 0.1) is 17.3 Å². The summed E-state index contributed by atoms with van der Waals surface area (Å²) in [6.45, 7) is 7.17. The molecule has 2 atom stereocenters. The lowest BCUT2D eigenvalue weighted by atomic mass is 9.84. The number of amides is 1. The minimum atomic E-state index is 0.325. The number of carbonyl (C=O) groups is 1. The molecule has 2 aliphatic carbocycles. The van der Waals surface area contributed by atoms with E-state index in [1.807, 2.05) is 0 Å². The summed E-state index contributed by atoms with van der Waals surface area (Å²) in [6, 6.07) is 1.17. The largest absolute Gasteiger partial charge is 0.381 e. The van der Waals surface area contributed by atoms with Gasteiger partial charge in [-0.05, 0) is 62.9 Å². The molecule has 1 spiro atoms. The van der Waals surface area contributed by atoms with Crippen LogP contribution in [0.25, 0.3) is 0 Å². The van der Waals surface area contributed by atoms with E-state index in [1.165, 1.54) is 77.3 Å². The maximum atomic E-state index is 13.5. The highest BCUT2D eigenvalue weighted by molar-refractivity contribution is 5.83. The summed E-state index contributed by atoms with van der Waals surface area (Å²) in [4.78, 5) is 18.6. The van der Waals surface area contributed by atoms with Crippen molar-refractivity contribution in [2.75, 3.05) is 45.9 Å². The van der Waals surface area contributed by atoms with Crippen LogP contribution in [0.4, 0.5) is 0 Å². The third-order valence-electron chi connectivity index (χ3n) is 8.95. The van der Waals surface area contributed by atoms with Gasteiger partial charge in [-0.15, -0.1) is 0 Å². The standard InChI is InChI=1S/C24H41N3O2/c28-23(27-13-10-25-18-21(27)16-19-4-2-1-3-5-19)22-17-24(22)8-11-26(12-9-24)20-6-14-29-15-7-20/h19-22,25H,1-18H2. The molecule has 0 aromatic rings. The zero-order valence-electron chi connectivity index (χ0n) is 18.2. The highest BCUT2D eigenvalue weighted by Gasteiger charge is 2.60. The summed E-state index contributed by atoms with van der Waals surface area (Å²) in [5.41, 5.74) is 0.346. The third-order valence-corrected chi connectivity index (χ3v) is 8.95. The highest BCUT2D eigenvalue weighted by Crippen LogP contribution is 2.60. The van der Waals surface area contributed by atoms with Crippen LogP contribution < -0.4 is 5.32 Å². The van der Waals surface area contributed by atoms with Crippen molar-refractivity contribution in [1.82, 2.24) is 15.1 Å². The molecule has 0 bridgehead atoms. The summed E-state index contributed by atoms with van der Waals surface area (Å²) >= 11 is 0. The van der Waals surface area contributed by atoms with E-state index >= 15 is 0 Å². The average molecular weight is 404 g/mol. The van der Waals surface area contributed by atoms with Crippen molar-refractivity contribution in [3.8, 4) is 0 Å². The Morgan fingerprint density at radius 3 is 2.52 bits per heavy atom. The number of nitrogens with zero attached hydrogens (tertiary/aromatic N) is 2. The van der Waals surface area contributed by atoms with Crippen LogP contribution in [0.1, 0.15) is 70.6 Å². The lowest BCUT2D eigenvalue weighted by Crippen LogP contribution is -2.55. The van der Waals surface area contributed by atoms with Crippen molar-refractivity contribution >= 4 is 5.91 Å². The van der Waals surface area contributed by atoms with Gasteiger partial charge in [-0.25, -0.2) is 0 Å². The molecule has 3 saturated heterocycles. The number of likely N-dealkylation sites (tertiary alicyclic amines) is 1. The van der Waals surface area contributed by atoms with Gasteiger partial charge in [-0.1, -0.05) is 32.1 Å². The van der Waals surface area contributed by atoms with Crippen molar-refractivity contribution in [1.29, 1.82) is 0 Å². The Balaban J connectivity index is 1.15. The first-order chi connectivity index (χ1) is 14.3. The van der Waals surface area contributed by atoms with Crippen molar-refractivity contribution in [2.45, 2.75) is 82.7 Å². The minimum absolute atomic E-state index is 0.325. The van der Waals surface area contributed by atoms with Crippen LogP contribution in [-0.2, 0) is 9.53 Å². The van der Waals surface area contributed by atoms with Gasteiger partial charge in [0.05, 0.1) is 0 Å². The van der Waals surface area contributed by atoms with E-state index in [0.29, 0.717) is 23.3 Å². The summed E-state index contributed by atoms with van der Waals surface area (Å²) in [5.74, 6) is 1.68. The van der Waals surface area contributed by atoms with Gasteiger partial charge in [-0.3, -0.25) is 4.79 Å². The fourth-order valence-electron chi connectivity index (χ4n) is 6.90. The number of ether oxygens (including phenoxy) is 1. The lowest BCUT2D eigenvalue weighted by Gasteiger charge is -2.41. The highest BCUT2D eigenvalue weighted by atomic mass is 16.5. The SMILES string of the molecule is O=C(C1CC12CCN(C1CCOCC1)CC2)N1CCNCC1CC1CCCCC1. The Kier molecular flexibility index (Phi) is 6.18. The quantitative estimate of drug-likeness (QED) is 0.784. The molecule has 5 fully saturated rings. The maximum Gasteiger partial charge on any atom is 0.226 e. The second-order valence-electron chi connectivity index (χ2n) is 10.6. The van der Waals surface area contributed by atoms with Gasteiger partial charge in [-0.2, -0.15) is 0 Å². The van der Waals surface area contributed by atoms with E-state index in [2.05, 4.69) is 15.1 Å². The van der Waals surface area contributed by atoms with Crippen LogP contribution in [-0.4, -0.2) is 73.7 Å². The van der Waals surface area contributed by atoms with Gasteiger partial charge in [0, 0.05) is 50.8 Å². The molecule has 3 aliphatic heterocycles. The third kappa shape index (κ3) is 4.38. The predicted molar refractivity (Wildman–Crippen MR) is 115 cm³/mol. The van der Waals surface area contributed by atoms with Gasteiger partial charge in [0.15, 0.2) is 0 Å². The van der Waals surface area contributed by atoms with Crippen LogP contribution >= 0.6 is 0 Å². The first-order valence-electron chi connectivity index (χ1n) is 12.6. The molecule has 29 heavy (non-hydrogen) atoms. The first kappa shape index (κ1) is 20.3. The Morgan fingerprint density at radius 2 is 1.76 bits per heavy atom. The van der Waals surface area contributed by atoms with Gasteiger partial charge < -0.3 is 19.9 Å². The van der Waals surface area contributed by atoms with Crippen LogP contribution in [0.15, 0.2) is 0 Å². The zero-order chi connectivity index (χ0) is 19.7. The first-order valence-corrected chi connectivity index (χ1v) is 12.6. The fourth-order valence-corrected chi connectivity index (χ4v) is 6.90. The predicted octanol–water partition coefficient (Wildman–Crippen LogP) is 3.04. The summed E-state index contributed by atoms with van der Waals surface area (Å²) in [6.07, 6.45) is 14.2. The van der Waals surface area contributed by atoms with E-state index in [9.17, 15) is 4.79 Å². The van der Waals surface area contributed by atoms with E-state index in [4.69, 9.17) is 4.74 Å². The molecule has 5 aliphatic rings. The molecule has 0 aromatic heterocycles. The summed E-state index contributed by atoms with van der Waals surface area (Å²) in [7, 11) is 0. The van der Waals surface area contributed by atoms with Crippen molar-refractivity contribution in [2.24, 2.45) is 17.3 Å².